The average Bonchev–Trinajstić information content (AvgIpc) is 2.85. The Morgan fingerprint density at radius 2 is 1.62 bits per heavy atom. The van der Waals surface area contributed by atoms with E-state index in [2.05, 4.69) is 18.7 Å². The highest BCUT2D eigenvalue weighted by atomic mass is 32.2. The Morgan fingerprint density at radius 3 is 2.12 bits per heavy atom. The third kappa shape index (κ3) is 3.97. The van der Waals surface area contributed by atoms with Crippen molar-refractivity contribution < 1.29 is 22.2 Å². The number of hydrogen-bond donors (Lipinski definition) is 0. The number of imide groups is 1. The third-order valence-electron chi connectivity index (χ3n) is 4.93. The van der Waals surface area contributed by atoms with Crippen LogP contribution in [0.4, 0.5) is 0 Å². The molecule has 0 bridgehead atoms. The minimum absolute atomic E-state index is 0.195. The number of amides is 2. The summed E-state index contributed by atoms with van der Waals surface area (Å²) < 4.78 is 29.9. The number of carbonyl (C=O) groups is 2. The lowest BCUT2D eigenvalue weighted by Gasteiger charge is -2.34. The smallest absolute Gasteiger partial charge is 0.269 e. The van der Waals surface area contributed by atoms with E-state index in [4.69, 9.17) is 4.18 Å². The quantitative estimate of drug-likeness (QED) is 0.549. The monoisotopic (exact) mass is 380 g/mol. The maximum atomic E-state index is 12.3. The second kappa shape index (κ2) is 7.46. The molecule has 2 aliphatic rings. The molecule has 0 radical (unpaired) electrons. The summed E-state index contributed by atoms with van der Waals surface area (Å²) in [7, 11) is -3.81. The third-order valence-corrected chi connectivity index (χ3v) is 6.18. The van der Waals surface area contributed by atoms with Crippen LogP contribution in [0.5, 0.6) is 0 Å². The van der Waals surface area contributed by atoms with Gasteiger partial charge in [0.1, 0.15) is 0 Å². The molecule has 1 saturated heterocycles. The van der Waals surface area contributed by atoms with E-state index in [1.54, 1.807) is 24.3 Å². The van der Waals surface area contributed by atoms with Gasteiger partial charge in [-0.15, -0.1) is 0 Å². The zero-order chi connectivity index (χ0) is 18.9. The van der Waals surface area contributed by atoms with Crippen LogP contribution in [-0.2, 0) is 14.3 Å². The molecule has 0 unspecified atom stereocenters. The van der Waals surface area contributed by atoms with Crippen LogP contribution in [0.15, 0.2) is 24.3 Å². The molecule has 3 rings (SSSR count). The molecule has 2 heterocycles. The standard InChI is InChI=1S/C18H24N2O5S/c1-13(2)19-9-7-14(8-10-19)25-26(23,24)12-11-20-17(21)15-5-3-4-6-16(15)18(20)22/h3-6,13-14H,7-12H2,1-2H3. The van der Waals surface area contributed by atoms with Crippen molar-refractivity contribution in [3.05, 3.63) is 35.4 Å². The van der Waals surface area contributed by atoms with E-state index in [1.807, 2.05) is 0 Å². The van der Waals surface area contributed by atoms with Crippen LogP contribution in [0.1, 0.15) is 47.4 Å². The van der Waals surface area contributed by atoms with Crippen LogP contribution in [0.2, 0.25) is 0 Å². The molecule has 1 aromatic rings. The van der Waals surface area contributed by atoms with Gasteiger partial charge in [0.05, 0.1) is 23.0 Å². The fraction of sp³-hybridized carbons (Fsp3) is 0.556. The predicted molar refractivity (Wildman–Crippen MR) is 96.4 cm³/mol. The molecule has 7 nitrogen and oxygen atoms in total. The van der Waals surface area contributed by atoms with Gasteiger partial charge < -0.3 is 4.90 Å². The molecule has 2 aliphatic heterocycles. The first-order valence-electron chi connectivity index (χ1n) is 8.89. The molecule has 0 aliphatic carbocycles. The number of nitrogens with zero attached hydrogens (tertiary/aromatic N) is 2. The molecule has 0 aromatic heterocycles. The van der Waals surface area contributed by atoms with E-state index in [0.717, 1.165) is 18.0 Å². The van der Waals surface area contributed by atoms with Crippen LogP contribution >= 0.6 is 0 Å². The van der Waals surface area contributed by atoms with E-state index in [0.29, 0.717) is 30.0 Å². The van der Waals surface area contributed by atoms with Gasteiger partial charge in [-0.1, -0.05) is 12.1 Å². The lowest BCUT2D eigenvalue weighted by molar-refractivity contribution is 0.0661. The van der Waals surface area contributed by atoms with Gasteiger partial charge >= 0.3 is 0 Å². The lowest BCUT2D eigenvalue weighted by Crippen LogP contribution is -2.42. The molecule has 2 amide bonds. The Kier molecular flexibility index (Phi) is 5.45. The van der Waals surface area contributed by atoms with E-state index in [1.165, 1.54) is 0 Å². The Morgan fingerprint density at radius 1 is 1.08 bits per heavy atom. The first-order valence-corrected chi connectivity index (χ1v) is 10.5. The van der Waals surface area contributed by atoms with Gasteiger partial charge in [-0.2, -0.15) is 8.42 Å². The maximum absolute atomic E-state index is 12.3. The van der Waals surface area contributed by atoms with Crippen molar-refractivity contribution in [2.45, 2.75) is 38.8 Å². The first kappa shape index (κ1) is 19.0. The largest absolute Gasteiger partial charge is 0.301 e. The summed E-state index contributed by atoms with van der Waals surface area (Å²) in [6, 6.07) is 6.93. The second-order valence-electron chi connectivity index (χ2n) is 6.99. The van der Waals surface area contributed by atoms with Crippen molar-refractivity contribution in [3.8, 4) is 0 Å². The van der Waals surface area contributed by atoms with Gasteiger partial charge in [0.25, 0.3) is 21.9 Å². The number of rotatable bonds is 6. The number of fused-ring (bicyclic) bond motifs is 1. The average molecular weight is 380 g/mol. The van der Waals surface area contributed by atoms with Crippen LogP contribution in [0.3, 0.4) is 0 Å². The fourth-order valence-electron chi connectivity index (χ4n) is 3.39. The van der Waals surface area contributed by atoms with Gasteiger partial charge in [0.2, 0.25) is 0 Å². The summed E-state index contributed by atoms with van der Waals surface area (Å²) in [5.74, 6) is -1.29. The molecular weight excluding hydrogens is 356 g/mol. The minimum Gasteiger partial charge on any atom is -0.301 e. The number of benzene rings is 1. The number of likely N-dealkylation sites (tertiary alicyclic amines) is 1. The highest BCUT2D eigenvalue weighted by Crippen LogP contribution is 2.23. The molecule has 0 saturated carbocycles. The number of carbonyl (C=O) groups excluding carboxylic acids is 2. The Hall–Kier alpha value is -1.77. The summed E-state index contributed by atoms with van der Waals surface area (Å²) in [5.41, 5.74) is 0.633. The fourth-order valence-corrected chi connectivity index (χ4v) is 4.50. The summed E-state index contributed by atoms with van der Waals surface area (Å²) in [5, 5.41) is 0. The van der Waals surface area contributed by atoms with Gasteiger partial charge in [-0.25, -0.2) is 0 Å². The first-order chi connectivity index (χ1) is 12.3. The molecule has 26 heavy (non-hydrogen) atoms. The normalized spacial score (nSPS) is 19.4. The Labute approximate surface area is 154 Å². The Bertz CT molecular complexity index is 763. The molecule has 0 spiro atoms. The zero-order valence-electron chi connectivity index (χ0n) is 15.1. The molecule has 1 aromatic carbocycles. The number of piperidine rings is 1. The van der Waals surface area contributed by atoms with Crippen molar-refractivity contribution in [2.24, 2.45) is 0 Å². The van der Waals surface area contributed by atoms with Crippen molar-refractivity contribution in [2.75, 3.05) is 25.4 Å². The van der Waals surface area contributed by atoms with Crippen LogP contribution < -0.4 is 0 Å². The van der Waals surface area contributed by atoms with Crippen LogP contribution in [0.25, 0.3) is 0 Å². The van der Waals surface area contributed by atoms with E-state index < -0.39 is 21.9 Å². The maximum Gasteiger partial charge on any atom is 0.269 e. The molecule has 1 fully saturated rings. The van der Waals surface area contributed by atoms with Gasteiger partial charge in [-0.05, 0) is 38.8 Å². The molecule has 142 valence electrons. The zero-order valence-corrected chi connectivity index (χ0v) is 15.9. The molecular formula is C18H24N2O5S. The Balaban J connectivity index is 1.55. The molecule has 8 heteroatoms. The summed E-state index contributed by atoms with van der Waals surface area (Å²) >= 11 is 0. The van der Waals surface area contributed by atoms with E-state index in [-0.39, 0.29) is 18.4 Å². The van der Waals surface area contributed by atoms with Gasteiger partial charge in [0.15, 0.2) is 0 Å². The summed E-state index contributed by atoms with van der Waals surface area (Å²) in [4.78, 5) is 27.8. The van der Waals surface area contributed by atoms with E-state index in [9.17, 15) is 18.0 Å². The SMILES string of the molecule is CC(C)N1CCC(OS(=O)(=O)CCN2C(=O)c3ccccc3C2=O)CC1. The van der Waals surface area contributed by atoms with Gasteiger partial charge in [-0.3, -0.25) is 18.7 Å². The summed E-state index contributed by atoms with van der Waals surface area (Å²) in [6.45, 7) is 5.63. The minimum atomic E-state index is -3.81. The van der Waals surface area contributed by atoms with Gasteiger partial charge in [0, 0.05) is 25.7 Å². The van der Waals surface area contributed by atoms with Crippen LogP contribution in [-0.4, -0.2) is 67.6 Å². The topological polar surface area (TPSA) is 84.0 Å². The highest BCUT2D eigenvalue weighted by molar-refractivity contribution is 7.86. The van der Waals surface area contributed by atoms with Crippen LogP contribution in [0, 0.1) is 0 Å². The number of hydrogen-bond acceptors (Lipinski definition) is 6. The van der Waals surface area contributed by atoms with Crippen molar-refractivity contribution >= 4 is 21.9 Å². The predicted octanol–water partition coefficient (Wildman–Crippen LogP) is 1.50. The van der Waals surface area contributed by atoms with Crippen molar-refractivity contribution in [1.29, 1.82) is 0 Å². The molecule has 0 N–H and O–H groups in total. The van der Waals surface area contributed by atoms with E-state index >= 15 is 0 Å². The highest BCUT2D eigenvalue weighted by Gasteiger charge is 2.36. The second-order valence-corrected chi connectivity index (χ2v) is 8.71. The molecule has 0 atom stereocenters. The summed E-state index contributed by atoms with van der Waals surface area (Å²) in [6.07, 6.45) is 0.978. The lowest BCUT2D eigenvalue weighted by atomic mass is 10.1. The van der Waals surface area contributed by atoms with Crippen molar-refractivity contribution in [1.82, 2.24) is 9.80 Å². The van der Waals surface area contributed by atoms with Crippen molar-refractivity contribution in [3.63, 3.8) is 0 Å².